The summed E-state index contributed by atoms with van der Waals surface area (Å²) in [5, 5.41) is 2.22. The van der Waals surface area contributed by atoms with E-state index in [1.165, 1.54) is 22.3 Å². The average Bonchev–Trinajstić information content (AvgIpc) is 2.80. The molecule has 0 saturated heterocycles. The standard InChI is InChI=1S/C21H22O/c1-5-20(22)21-17-9-7-6-8-16(17)10-11-18(21)19-12-13(2)14(3)15(19)4/h6-11H,5,12H2,1-4H3. The lowest BCUT2D eigenvalue weighted by Gasteiger charge is -2.14. The highest BCUT2D eigenvalue weighted by Crippen LogP contribution is 2.40. The average molecular weight is 290 g/mol. The third-order valence-electron chi connectivity index (χ3n) is 4.95. The van der Waals surface area contributed by atoms with E-state index in [4.69, 9.17) is 0 Å². The second kappa shape index (κ2) is 5.57. The lowest BCUT2D eigenvalue weighted by molar-refractivity contribution is 0.0989. The van der Waals surface area contributed by atoms with Crippen molar-refractivity contribution in [2.24, 2.45) is 0 Å². The summed E-state index contributed by atoms with van der Waals surface area (Å²) in [6.45, 7) is 8.49. The molecule has 2 aromatic rings. The Balaban J connectivity index is 2.30. The summed E-state index contributed by atoms with van der Waals surface area (Å²) < 4.78 is 0. The minimum absolute atomic E-state index is 0.231. The smallest absolute Gasteiger partial charge is 0.163 e. The van der Waals surface area contributed by atoms with E-state index in [2.05, 4.69) is 45.0 Å². The molecule has 0 aromatic heterocycles. The Morgan fingerprint density at radius 3 is 2.36 bits per heavy atom. The monoisotopic (exact) mass is 290 g/mol. The summed E-state index contributed by atoms with van der Waals surface area (Å²) in [5.74, 6) is 0.231. The number of rotatable bonds is 3. The van der Waals surface area contributed by atoms with E-state index in [9.17, 15) is 4.79 Å². The van der Waals surface area contributed by atoms with Gasteiger partial charge in [0.2, 0.25) is 0 Å². The van der Waals surface area contributed by atoms with Crippen molar-refractivity contribution in [3.05, 3.63) is 64.2 Å². The van der Waals surface area contributed by atoms with Crippen molar-refractivity contribution >= 4 is 22.1 Å². The van der Waals surface area contributed by atoms with Gasteiger partial charge in [0.25, 0.3) is 0 Å². The Kier molecular flexibility index (Phi) is 3.74. The predicted octanol–water partition coefficient (Wildman–Crippen LogP) is 5.95. The highest BCUT2D eigenvalue weighted by atomic mass is 16.1. The van der Waals surface area contributed by atoms with Gasteiger partial charge in [-0.05, 0) is 60.2 Å². The third kappa shape index (κ3) is 2.21. The predicted molar refractivity (Wildman–Crippen MR) is 94.2 cm³/mol. The summed E-state index contributed by atoms with van der Waals surface area (Å²) in [6, 6.07) is 12.5. The van der Waals surface area contributed by atoms with Crippen molar-refractivity contribution in [2.45, 2.75) is 40.5 Å². The molecular weight excluding hydrogens is 268 g/mol. The highest BCUT2D eigenvalue weighted by molar-refractivity contribution is 6.12. The molecule has 112 valence electrons. The quantitative estimate of drug-likeness (QED) is 0.639. The van der Waals surface area contributed by atoms with E-state index < -0.39 is 0 Å². The van der Waals surface area contributed by atoms with Crippen LogP contribution >= 0.6 is 0 Å². The van der Waals surface area contributed by atoms with Crippen molar-refractivity contribution in [1.29, 1.82) is 0 Å². The Morgan fingerprint density at radius 2 is 1.73 bits per heavy atom. The molecule has 2 aromatic carbocycles. The molecule has 0 radical (unpaired) electrons. The number of ketones is 1. The molecular formula is C21H22O. The van der Waals surface area contributed by atoms with Gasteiger partial charge in [0.15, 0.2) is 5.78 Å². The topological polar surface area (TPSA) is 17.1 Å². The number of carbonyl (C=O) groups is 1. The Morgan fingerprint density at radius 1 is 1.00 bits per heavy atom. The van der Waals surface area contributed by atoms with Gasteiger partial charge in [0.05, 0.1) is 0 Å². The maximum absolute atomic E-state index is 12.6. The van der Waals surface area contributed by atoms with E-state index in [1.54, 1.807) is 0 Å². The Hall–Kier alpha value is -2.15. The summed E-state index contributed by atoms with van der Waals surface area (Å²) in [6.07, 6.45) is 1.50. The third-order valence-corrected chi connectivity index (χ3v) is 4.95. The van der Waals surface area contributed by atoms with Crippen LogP contribution in [0.5, 0.6) is 0 Å². The van der Waals surface area contributed by atoms with E-state index in [1.807, 2.05) is 19.1 Å². The first-order valence-corrected chi connectivity index (χ1v) is 7.96. The van der Waals surface area contributed by atoms with Crippen molar-refractivity contribution in [3.8, 4) is 0 Å². The van der Waals surface area contributed by atoms with Gasteiger partial charge in [-0.2, -0.15) is 0 Å². The van der Waals surface area contributed by atoms with Gasteiger partial charge in [0, 0.05) is 12.0 Å². The first kappa shape index (κ1) is 14.8. The molecule has 22 heavy (non-hydrogen) atoms. The van der Waals surface area contributed by atoms with Gasteiger partial charge in [-0.3, -0.25) is 4.79 Å². The molecule has 0 spiro atoms. The zero-order valence-electron chi connectivity index (χ0n) is 13.8. The molecule has 3 rings (SSSR count). The number of fused-ring (bicyclic) bond motifs is 1. The SMILES string of the molecule is CCC(=O)c1c(C2=C(C)C(C)=C(C)C2)ccc2ccccc12. The number of hydrogen-bond donors (Lipinski definition) is 0. The van der Waals surface area contributed by atoms with Crippen molar-refractivity contribution in [3.63, 3.8) is 0 Å². The molecule has 0 unspecified atom stereocenters. The van der Waals surface area contributed by atoms with Crippen LogP contribution in [0.3, 0.4) is 0 Å². The van der Waals surface area contributed by atoms with Crippen LogP contribution in [-0.4, -0.2) is 5.78 Å². The number of benzene rings is 2. The molecule has 1 aliphatic rings. The molecule has 1 aliphatic carbocycles. The summed E-state index contributed by atoms with van der Waals surface area (Å²) >= 11 is 0. The largest absolute Gasteiger partial charge is 0.294 e. The van der Waals surface area contributed by atoms with Crippen LogP contribution in [0, 0.1) is 0 Å². The Bertz CT molecular complexity index is 834. The van der Waals surface area contributed by atoms with E-state index >= 15 is 0 Å². The molecule has 0 bridgehead atoms. The molecule has 0 atom stereocenters. The van der Waals surface area contributed by atoms with Crippen LogP contribution in [0.1, 0.15) is 56.5 Å². The fourth-order valence-electron chi connectivity index (χ4n) is 3.37. The van der Waals surface area contributed by atoms with Gasteiger partial charge >= 0.3 is 0 Å². The molecule has 0 aliphatic heterocycles. The van der Waals surface area contributed by atoms with Gasteiger partial charge < -0.3 is 0 Å². The van der Waals surface area contributed by atoms with Crippen LogP contribution in [0.25, 0.3) is 16.3 Å². The molecule has 0 amide bonds. The minimum atomic E-state index is 0.231. The van der Waals surface area contributed by atoms with E-state index in [0.29, 0.717) is 6.42 Å². The number of carbonyl (C=O) groups excluding carboxylic acids is 1. The zero-order chi connectivity index (χ0) is 15.9. The normalized spacial score (nSPS) is 15.1. The molecule has 0 saturated carbocycles. The lowest BCUT2D eigenvalue weighted by atomic mass is 9.89. The van der Waals surface area contributed by atoms with Crippen molar-refractivity contribution in [1.82, 2.24) is 0 Å². The van der Waals surface area contributed by atoms with Crippen LogP contribution in [0.15, 0.2) is 53.1 Å². The highest BCUT2D eigenvalue weighted by Gasteiger charge is 2.22. The second-order valence-corrected chi connectivity index (χ2v) is 6.17. The maximum atomic E-state index is 12.6. The molecule has 1 nitrogen and oxygen atoms in total. The molecule has 0 heterocycles. The van der Waals surface area contributed by atoms with Crippen molar-refractivity contribution < 1.29 is 4.79 Å². The number of allylic oxidation sites excluding steroid dienone is 4. The van der Waals surface area contributed by atoms with Crippen LogP contribution in [-0.2, 0) is 0 Å². The fraction of sp³-hybridized carbons (Fsp3) is 0.286. The van der Waals surface area contributed by atoms with Crippen molar-refractivity contribution in [2.75, 3.05) is 0 Å². The van der Waals surface area contributed by atoms with Gasteiger partial charge in [-0.15, -0.1) is 0 Å². The zero-order valence-corrected chi connectivity index (χ0v) is 13.8. The van der Waals surface area contributed by atoms with Gasteiger partial charge in [-0.25, -0.2) is 0 Å². The first-order chi connectivity index (χ1) is 10.5. The lowest BCUT2D eigenvalue weighted by Crippen LogP contribution is -2.04. The van der Waals surface area contributed by atoms with E-state index in [-0.39, 0.29) is 5.78 Å². The summed E-state index contributed by atoms with van der Waals surface area (Å²) in [4.78, 5) is 12.6. The Labute approximate surface area is 132 Å². The summed E-state index contributed by atoms with van der Waals surface area (Å²) in [5.41, 5.74) is 7.46. The van der Waals surface area contributed by atoms with Crippen LogP contribution < -0.4 is 0 Å². The first-order valence-electron chi connectivity index (χ1n) is 7.96. The van der Waals surface area contributed by atoms with Gasteiger partial charge in [-0.1, -0.05) is 48.9 Å². The number of Topliss-reactive ketones (excluding diaryl/α,β-unsaturated/α-hetero) is 1. The van der Waals surface area contributed by atoms with Crippen LogP contribution in [0.2, 0.25) is 0 Å². The minimum Gasteiger partial charge on any atom is -0.294 e. The fourth-order valence-corrected chi connectivity index (χ4v) is 3.37. The number of hydrogen-bond acceptors (Lipinski definition) is 1. The van der Waals surface area contributed by atoms with E-state index in [0.717, 1.165) is 28.3 Å². The van der Waals surface area contributed by atoms with Gasteiger partial charge in [0.1, 0.15) is 0 Å². The molecule has 1 heteroatoms. The second-order valence-electron chi connectivity index (χ2n) is 6.17. The summed E-state index contributed by atoms with van der Waals surface area (Å²) in [7, 11) is 0. The molecule has 0 N–H and O–H groups in total. The van der Waals surface area contributed by atoms with Crippen LogP contribution in [0.4, 0.5) is 0 Å². The molecule has 0 fully saturated rings. The maximum Gasteiger partial charge on any atom is 0.163 e.